The van der Waals surface area contributed by atoms with E-state index in [9.17, 15) is 8.78 Å². The molecule has 0 spiro atoms. The van der Waals surface area contributed by atoms with Crippen LogP contribution in [0.1, 0.15) is 13.8 Å². The summed E-state index contributed by atoms with van der Waals surface area (Å²) in [5, 5.41) is 19.1. The van der Waals surface area contributed by atoms with Crippen LogP contribution in [0.4, 0.5) is 20.3 Å². The van der Waals surface area contributed by atoms with Gasteiger partial charge in [-0.2, -0.15) is 10.2 Å². The number of aromatic amines is 1. The van der Waals surface area contributed by atoms with Crippen molar-refractivity contribution in [2.75, 3.05) is 11.2 Å². The lowest BCUT2D eigenvalue weighted by Gasteiger charge is -2.14. The Hall–Kier alpha value is -4.34. The number of nitrogens with zero attached hydrogens (tertiary/aromatic N) is 4. The number of hydrazone groups is 1. The summed E-state index contributed by atoms with van der Waals surface area (Å²) in [6.07, 6.45) is 3.40. The van der Waals surface area contributed by atoms with Gasteiger partial charge in [-0.3, -0.25) is 10.5 Å². The van der Waals surface area contributed by atoms with Crippen molar-refractivity contribution in [1.29, 1.82) is 0 Å². The summed E-state index contributed by atoms with van der Waals surface area (Å²) in [6, 6.07) is 9.95. The average Bonchev–Trinajstić information content (AvgIpc) is 3.30. The molecule has 32 heavy (non-hydrogen) atoms. The van der Waals surface area contributed by atoms with E-state index in [1.807, 2.05) is 13.8 Å². The minimum absolute atomic E-state index is 0.129. The van der Waals surface area contributed by atoms with E-state index in [4.69, 9.17) is 10.5 Å². The summed E-state index contributed by atoms with van der Waals surface area (Å²) in [6.45, 7) is 3.65. The summed E-state index contributed by atoms with van der Waals surface area (Å²) in [4.78, 5) is 0. The Kier molecular flexibility index (Phi) is 5.75. The number of aromatic nitrogens is 4. The summed E-state index contributed by atoms with van der Waals surface area (Å²) in [7, 11) is 0. The second-order valence-electron chi connectivity index (χ2n) is 7.08. The van der Waals surface area contributed by atoms with Gasteiger partial charge in [-0.15, -0.1) is 10.2 Å². The van der Waals surface area contributed by atoms with Gasteiger partial charge in [0.1, 0.15) is 11.6 Å². The van der Waals surface area contributed by atoms with Gasteiger partial charge in [0.25, 0.3) is 0 Å². The molecular formula is C22H19F2N7O. The minimum Gasteiger partial charge on any atom is -0.454 e. The molecule has 0 aliphatic heterocycles. The molecule has 162 valence electrons. The minimum atomic E-state index is -0.826. The SMILES string of the molecule is CC(C)=NNc1nnc(-c2cc(-c3cn[nH]c3)ccc2Oc2ccc(F)cc2F)cc1N. The second kappa shape index (κ2) is 8.80. The van der Waals surface area contributed by atoms with Crippen LogP contribution in [-0.2, 0) is 0 Å². The van der Waals surface area contributed by atoms with Crippen molar-refractivity contribution in [3.8, 4) is 33.9 Å². The molecule has 0 aliphatic rings. The lowest BCUT2D eigenvalue weighted by molar-refractivity contribution is 0.439. The number of H-pyrrole nitrogens is 1. The highest BCUT2D eigenvalue weighted by molar-refractivity contribution is 5.81. The van der Waals surface area contributed by atoms with Crippen molar-refractivity contribution in [2.24, 2.45) is 5.10 Å². The number of nitrogens with one attached hydrogen (secondary N) is 2. The molecule has 4 rings (SSSR count). The lowest BCUT2D eigenvalue weighted by Crippen LogP contribution is -2.03. The smallest absolute Gasteiger partial charge is 0.192 e. The van der Waals surface area contributed by atoms with Crippen LogP contribution in [0, 0.1) is 11.6 Å². The molecular weight excluding hydrogens is 416 g/mol. The predicted octanol–water partition coefficient (Wildman–Crippen LogP) is 4.99. The van der Waals surface area contributed by atoms with Gasteiger partial charge in [0, 0.05) is 29.1 Å². The summed E-state index contributed by atoms with van der Waals surface area (Å²) in [5.41, 5.74) is 12.5. The zero-order valence-corrected chi connectivity index (χ0v) is 17.2. The molecule has 0 bridgehead atoms. The highest BCUT2D eigenvalue weighted by Gasteiger charge is 2.16. The maximum absolute atomic E-state index is 14.2. The molecule has 8 nitrogen and oxygen atoms in total. The summed E-state index contributed by atoms with van der Waals surface area (Å²) in [5.74, 6) is -1.06. The first-order chi connectivity index (χ1) is 15.4. The van der Waals surface area contributed by atoms with Gasteiger partial charge in [-0.1, -0.05) is 6.07 Å². The van der Waals surface area contributed by atoms with Crippen LogP contribution in [0.5, 0.6) is 11.5 Å². The van der Waals surface area contributed by atoms with Crippen molar-refractivity contribution in [3.05, 3.63) is 66.5 Å². The van der Waals surface area contributed by atoms with E-state index in [1.165, 1.54) is 6.07 Å². The third kappa shape index (κ3) is 4.53. The molecule has 2 heterocycles. The third-order valence-corrected chi connectivity index (χ3v) is 4.41. The molecule has 4 aromatic rings. The van der Waals surface area contributed by atoms with Crippen molar-refractivity contribution in [1.82, 2.24) is 20.4 Å². The number of ether oxygens (including phenoxy) is 1. The predicted molar refractivity (Wildman–Crippen MR) is 118 cm³/mol. The Morgan fingerprint density at radius 3 is 2.53 bits per heavy atom. The quantitative estimate of drug-likeness (QED) is 0.290. The molecule has 2 aromatic carbocycles. The third-order valence-electron chi connectivity index (χ3n) is 4.41. The Balaban J connectivity index is 1.78. The molecule has 10 heteroatoms. The van der Waals surface area contributed by atoms with Crippen LogP contribution >= 0.6 is 0 Å². The van der Waals surface area contributed by atoms with E-state index in [-0.39, 0.29) is 5.75 Å². The highest BCUT2D eigenvalue weighted by Crippen LogP contribution is 2.37. The van der Waals surface area contributed by atoms with E-state index in [2.05, 4.69) is 30.9 Å². The Morgan fingerprint density at radius 2 is 1.84 bits per heavy atom. The first kappa shape index (κ1) is 20.9. The second-order valence-corrected chi connectivity index (χ2v) is 7.08. The molecule has 0 radical (unpaired) electrons. The van der Waals surface area contributed by atoms with Crippen LogP contribution in [-0.4, -0.2) is 26.1 Å². The van der Waals surface area contributed by atoms with Crippen LogP contribution in [0.15, 0.2) is 60.0 Å². The van der Waals surface area contributed by atoms with Crippen molar-refractivity contribution < 1.29 is 13.5 Å². The van der Waals surface area contributed by atoms with Crippen LogP contribution in [0.25, 0.3) is 22.4 Å². The number of benzene rings is 2. The van der Waals surface area contributed by atoms with E-state index in [1.54, 1.807) is 36.7 Å². The molecule has 0 saturated carbocycles. The van der Waals surface area contributed by atoms with Crippen molar-refractivity contribution in [3.63, 3.8) is 0 Å². The molecule has 0 fully saturated rings. The fourth-order valence-corrected chi connectivity index (χ4v) is 2.87. The molecule has 4 N–H and O–H groups in total. The number of rotatable bonds is 6. The first-order valence-electron chi connectivity index (χ1n) is 9.57. The van der Waals surface area contributed by atoms with Gasteiger partial charge in [0.2, 0.25) is 0 Å². The average molecular weight is 435 g/mol. The van der Waals surface area contributed by atoms with Crippen LogP contribution in [0.3, 0.4) is 0 Å². The number of hydrogen-bond acceptors (Lipinski definition) is 7. The Labute approximate surface area is 182 Å². The molecule has 0 unspecified atom stereocenters. The van der Waals surface area contributed by atoms with E-state index < -0.39 is 11.6 Å². The largest absolute Gasteiger partial charge is 0.454 e. The zero-order chi connectivity index (χ0) is 22.7. The van der Waals surface area contributed by atoms with Crippen LogP contribution < -0.4 is 15.9 Å². The van der Waals surface area contributed by atoms with E-state index in [0.29, 0.717) is 28.5 Å². The lowest BCUT2D eigenvalue weighted by atomic mass is 10.0. The number of halogens is 2. The number of nitrogens with two attached hydrogens (primary N) is 1. The molecule has 0 saturated heterocycles. The molecule has 0 amide bonds. The normalized spacial score (nSPS) is 10.6. The maximum Gasteiger partial charge on any atom is 0.192 e. The summed E-state index contributed by atoms with van der Waals surface area (Å²) >= 11 is 0. The highest BCUT2D eigenvalue weighted by atomic mass is 19.1. The van der Waals surface area contributed by atoms with Crippen LogP contribution in [0.2, 0.25) is 0 Å². The molecule has 0 atom stereocenters. The standard InChI is InChI=1S/C22H19F2N7O/c1-12(2)28-30-22-18(25)9-19(29-31-22)16-7-13(14-10-26-27-11-14)3-5-20(16)32-21-6-4-15(23)8-17(21)24/h3-11H,1-2H3,(H2,25,29)(H,26,27)(H,30,31). The topological polar surface area (TPSA) is 114 Å². The number of anilines is 2. The maximum atomic E-state index is 14.2. The first-order valence-corrected chi connectivity index (χ1v) is 9.57. The van der Waals surface area contributed by atoms with Gasteiger partial charge in [0.05, 0.1) is 17.6 Å². The molecule has 0 aliphatic carbocycles. The summed E-state index contributed by atoms with van der Waals surface area (Å²) < 4.78 is 33.2. The van der Waals surface area contributed by atoms with Crippen molar-refractivity contribution >= 4 is 17.2 Å². The molecule has 2 aromatic heterocycles. The van der Waals surface area contributed by atoms with Crippen molar-refractivity contribution in [2.45, 2.75) is 13.8 Å². The fourth-order valence-electron chi connectivity index (χ4n) is 2.87. The zero-order valence-electron chi connectivity index (χ0n) is 17.2. The van der Waals surface area contributed by atoms with E-state index >= 15 is 0 Å². The Morgan fingerprint density at radius 1 is 1.03 bits per heavy atom. The van der Waals surface area contributed by atoms with Gasteiger partial charge in [-0.25, -0.2) is 8.78 Å². The van der Waals surface area contributed by atoms with Gasteiger partial charge in [-0.05, 0) is 49.7 Å². The number of hydrogen-bond donors (Lipinski definition) is 3. The van der Waals surface area contributed by atoms with E-state index in [0.717, 1.165) is 29.0 Å². The van der Waals surface area contributed by atoms with Gasteiger partial charge >= 0.3 is 0 Å². The van der Waals surface area contributed by atoms with Gasteiger partial charge in [0.15, 0.2) is 17.4 Å². The van der Waals surface area contributed by atoms with Gasteiger partial charge < -0.3 is 10.5 Å². The monoisotopic (exact) mass is 435 g/mol. The Bertz CT molecular complexity index is 1290. The fraction of sp³-hybridized carbons (Fsp3) is 0.0909. The number of nitrogen functional groups attached to an aromatic ring is 1.